The van der Waals surface area contributed by atoms with Crippen LogP contribution >= 0.6 is 0 Å². The number of fused-ring (bicyclic) bond motifs is 1. The van der Waals surface area contributed by atoms with E-state index in [1.54, 1.807) is 0 Å². The van der Waals surface area contributed by atoms with Crippen LogP contribution in [0, 0.1) is 0 Å². The minimum absolute atomic E-state index is 0. The first-order valence-corrected chi connectivity index (χ1v) is 4.09. The normalized spacial score (nSPS) is 9.85. The summed E-state index contributed by atoms with van der Waals surface area (Å²) in [5, 5.41) is 4.93. The molecule has 0 aliphatic carbocycles. The topological polar surface area (TPSA) is 29.1 Å². The number of nitrogens with one attached hydrogen (secondary N) is 1. The van der Waals surface area contributed by atoms with Crippen molar-refractivity contribution in [3.05, 3.63) is 42.5 Å². The third kappa shape index (κ3) is 1.51. The van der Waals surface area contributed by atoms with Crippen LogP contribution in [0.5, 0.6) is 0 Å². The number of amides is 1. The molecule has 0 aromatic heterocycles. The Morgan fingerprint density at radius 3 is 2.62 bits per heavy atom. The van der Waals surface area contributed by atoms with E-state index in [0.29, 0.717) is 6.41 Å². The molecule has 0 heterocycles. The van der Waals surface area contributed by atoms with Crippen LogP contribution in [-0.2, 0) is 4.79 Å². The molecule has 1 amide bonds. The molecular weight excluding hydrogens is 162 g/mol. The fourth-order valence-corrected chi connectivity index (χ4v) is 1.35. The smallest absolute Gasteiger partial charge is 0.329 e. The van der Waals surface area contributed by atoms with Crippen molar-refractivity contribution < 1.29 is 6.22 Å². The number of carbonyl (C=O) groups is 1. The van der Waals surface area contributed by atoms with Crippen molar-refractivity contribution in [1.29, 1.82) is 0 Å². The summed E-state index contributed by atoms with van der Waals surface area (Å²) in [6.07, 6.45) is 0.685. The zero-order chi connectivity index (χ0) is 9.10. The van der Waals surface area contributed by atoms with E-state index in [0.717, 1.165) is 11.1 Å². The Kier molecular flexibility index (Phi) is 1.96. The van der Waals surface area contributed by atoms with Gasteiger partial charge in [0, 0.05) is 5.69 Å². The van der Waals surface area contributed by atoms with Crippen molar-refractivity contribution in [2.75, 3.05) is 5.32 Å². The molecule has 2 aromatic rings. The Bertz CT molecular complexity index is 442. The van der Waals surface area contributed by atoms with E-state index in [2.05, 4.69) is 5.32 Å². The van der Waals surface area contributed by atoms with Gasteiger partial charge in [-0.05, 0) is 22.9 Å². The van der Waals surface area contributed by atoms with Crippen LogP contribution in [-0.4, -0.2) is 6.41 Å². The SMILES string of the molecule is O=CNc1ccc2ccccc2c1.[H+]. The molecule has 2 rings (SSSR count). The summed E-state index contributed by atoms with van der Waals surface area (Å²) in [5.74, 6) is 0. The quantitative estimate of drug-likeness (QED) is 0.693. The molecular formula is C11H10NO+. The average Bonchev–Trinajstić information content (AvgIpc) is 2.18. The average molecular weight is 172 g/mol. The van der Waals surface area contributed by atoms with E-state index < -0.39 is 0 Å². The third-order valence-corrected chi connectivity index (χ3v) is 1.98. The molecule has 0 unspecified atom stereocenters. The minimum Gasteiger partial charge on any atom is -0.329 e. The van der Waals surface area contributed by atoms with E-state index in [4.69, 9.17) is 0 Å². The van der Waals surface area contributed by atoms with Gasteiger partial charge in [0.15, 0.2) is 0 Å². The molecule has 13 heavy (non-hydrogen) atoms. The maximum absolute atomic E-state index is 10.2. The van der Waals surface area contributed by atoms with E-state index in [1.165, 1.54) is 5.39 Å². The molecule has 64 valence electrons. The molecule has 0 bridgehead atoms. The molecule has 0 saturated heterocycles. The van der Waals surface area contributed by atoms with E-state index in [9.17, 15) is 4.79 Å². The zero-order valence-corrected chi connectivity index (χ0v) is 7.03. The summed E-state index contributed by atoms with van der Waals surface area (Å²) in [5.41, 5.74) is 0.828. The van der Waals surface area contributed by atoms with Gasteiger partial charge in [-0.15, -0.1) is 0 Å². The number of hydrogen-bond acceptors (Lipinski definition) is 1. The van der Waals surface area contributed by atoms with Gasteiger partial charge in [0.1, 0.15) is 0 Å². The highest BCUT2D eigenvalue weighted by Crippen LogP contribution is 2.17. The second kappa shape index (κ2) is 3.27. The Balaban J connectivity index is 0.000000980. The van der Waals surface area contributed by atoms with Gasteiger partial charge >= 0.3 is 1.43 Å². The van der Waals surface area contributed by atoms with Crippen LogP contribution in [0.15, 0.2) is 42.5 Å². The van der Waals surface area contributed by atoms with Crippen molar-refractivity contribution >= 4 is 22.9 Å². The maximum Gasteiger partial charge on any atom is 1.00 e. The van der Waals surface area contributed by atoms with Gasteiger partial charge in [0.25, 0.3) is 0 Å². The fraction of sp³-hybridized carbons (Fsp3) is 0. The summed E-state index contributed by atoms with van der Waals surface area (Å²) in [6, 6.07) is 13.9. The van der Waals surface area contributed by atoms with Gasteiger partial charge in [0.05, 0.1) is 0 Å². The molecule has 0 radical (unpaired) electrons. The van der Waals surface area contributed by atoms with Gasteiger partial charge in [-0.2, -0.15) is 0 Å². The van der Waals surface area contributed by atoms with Gasteiger partial charge in [-0.3, -0.25) is 4.79 Å². The van der Waals surface area contributed by atoms with E-state index in [-0.39, 0.29) is 1.43 Å². The Morgan fingerprint density at radius 2 is 1.85 bits per heavy atom. The molecule has 0 spiro atoms. The van der Waals surface area contributed by atoms with Crippen LogP contribution in [0.2, 0.25) is 0 Å². The lowest BCUT2D eigenvalue weighted by Crippen LogP contribution is -1.92. The highest BCUT2D eigenvalue weighted by atomic mass is 16.1. The standard InChI is InChI=1S/C11H9NO/c13-8-12-11-6-5-9-3-1-2-4-10(9)7-11/h1-8H,(H,12,13)/p+1. The first kappa shape index (κ1) is 7.80. The third-order valence-electron chi connectivity index (χ3n) is 1.98. The monoisotopic (exact) mass is 172 g/mol. The number of benzene rings is 2. The highest BCUT2D eigenvalue weighted by molar-refractivity contribution is 5.87. The minimum atomic E-state index is 0. The number of rotatable bonds is 2. The largest absolute Gasteiger partial charge is 1.00 e. The van der Waals surface area contributed by atoms with Crippen LogP contribution < -0.4 is 5.32 Å². The summed E-state index contributed by atoms with van der Waals surface area (Å²) >= 11 is 0. The molecule has 2 heteroatoms. The van der Waals surface area contributed by atoms with E-state index >= 15 is 0 Å². The number of anilines is 1. The first-order valence-electron chi connectivity index (χ1n) is 4.09. The number of hydrogen-bond donors (Lipinski definition) is 1. The summed E-state index contributed by atoms with van der Waals surface area (Å²) in [7, 11) is 0. The zero-order valence-electron chi connectivity index (χ0n) is 8.03. The second-order valence-corrected chi connectivity index (χ2v) is 2.82. The van der Waals surface area contributed by atoms with E-state index in [1.807, 2.05) is 42.5 Å². The predicted octanol–water partition coefficient (Wildman–Crippen LogP) is 2.52. The Morgan fingerprint density at radius 1 is 1.08 bits per heavy atom. The van der Waals surface area contributed by atoms with Crippen LogP contribution in [0.25, 0.3) is 10.8 Å². The van der Waals surface area contributed by atoms with Crippen LogP contribution in [0.3, 0.4) is 0 Å². The molecule has 0 aliphatic rings. The van der Waals surface area contributed by atoms with Crippen LogP contribution in [0.4, 0.5) is 5.69 Å². The predicted molar refractivity (Wildman–Crippen MR) is 54.7 cm³/mol. The fourth-order valence-electron chi connectivity index (χ4n) is 1.35. The van der Waals surface area contributed by atoms with Crippen molar-refractivity contribution in [2.24, 2.45) is 0 Å². The lowest BCUT2D eigenvalue weighted by Gasteiger charge is -2.00. The molecule has 0 saturated carbocycles. The van der Waals surface area contributed by atoms with Crippen molar-refractivity contribution in [3.8, 4) is 0 Å². The summed E-state index contributed by atoms with van der Waals surface area (Å²) in [6.45, 7) is 0. The van der Waals surface area contributed by atoms with Gasteiger partial charge in [-0.25, -0.2) is 0 Å². The van der Waals surface area contributed by atoms with Gasteiger partial charge < -0.3 is 5.32 Å². The second-order valence-electron chi connectivity index (χ2n) is 2.82. The molecule has 1 N–H and O–H groups in total. The van der Waals surface area contributed by atoms with Crippen LogP contribution in [0.1, 0.15) is 1.43 Å². The Labute approximate surface area is 77.7 Å². The maximum atomic E-state index is 10.2. The number of carbonyl (C=O) groups excluding carboxylic acids is 1. The lowest BCUT2D eigenvalue weighted by atomic mass is 10.1. The Hall–Kier alpha value is -1.83. The van der Waals surface area contributed by atoms with Gasteiger partial charge in [-0.1, -0.05) is 30.3 Å². The molecule has 0 aliphatic heterocycles. The summed E-state index contributed by atoms with van der Waals surface area (Å²) < 4.78 is 0. The van der Waals surface area contributed by atoms with Crippen molar-refractivity contribution in [1.82, 2.24) is 0 Å². The highest BCUT2D eigenvalue weighted by Gasteiger charge is 1.93. The first-order chi connectivity index (χ1) is 6.40. The lowest BCUT2D eigenvalue weighted by molar-refractivity contribution is -0.105. The molecule has 2 aromatic carbocycles. The van der Waals surface area contributed by atoms with Crippen molar-refractivity contribution in [3.63, 3.8) is 0 Å². The van der Waals surface area contributed by atoms with Crippen molar-refractivity contribution in [2.45, 2.75) is 0 Å². The molecule has 2 nitrogen and oxygen atoms in total. The molecule has 0 atom stereocenters. The molecule has 0 fully saturated rings. The summed E-state index contributed by atoms with van der Waals surface area (Å²) in [4.78, 5) is 10.2. The van der Waals surface area contributed by atoms with Gasteiger partial charge in [0.2, 0.25) is 6.41 Å².